The van der Waals surface area contributed by atoms with Gasteiger partial charge in [-0.3, -0.25) is 4.79 Å². The highest BCUT2D eigenvalue weighted by Crippen LogP contribution is 2.25. The molecule has 2 rings (SSSR count). The fourth-order valence-electron chi connectivity index (χ4n) is 1.45. The zero-order chi connectivity index (χ0) is 10.7. The van der Waals surface area contributed by atoms with Crippen molar-refractivity contribution in [2.24, 2.45) is 0 Å². The molecule has 5 heteroatoms. The summed E-state index contributed by atoms with van der Waals surface area (Å²) in [6.07, 6.45) is 4.44. The number of carbonyl (C=O) groups is 1. The van der Waals surface area contributed by atoms with Gasteiger partial charge in [0.05, 0.1) is 12.1 Å². The summed E-state index contributed by atoms with van der Waals surface area (Å²) < 4.78 is 0. The first-order valence-corrected chi connectivity index (χ1v) is 6.05. The maximum absolute atomic E-state index is 10.4. The Kier molecular flexibility index (Phi) is 3.20. The summed E-state index contributed by atoms with van der Waals surface area (Å²) >= 11 is 1.56. The topological polar surface area (TPSA) is 62.2 Å². The lowest BCUT2D eigenvalue weighted by atomic mass is 9.93. The molecule has 1 aromatic rings. The Labute approximate surface area is 92.3 Å². The average Bonchev–Trinajstić information content (AvgIpc) is 2.56. The van der Waals surface area contributed by atoms with E-state index in [2.05, 4.69) is 10.3 Å². The molecule has 15 heavy (non-hydrogen) atoms. The quantitative estimate of drug-likeness (QED) is 0.807. The van der Waals surface area contributed by atoms with Crippen LogP contribution in [0.25, 0.3) is 0 Å². The van der Waals surface area contributed by atoms with Crippen molar-refractivity contribution >= 4 is 22.4 Å². The highest BCUT2D eigenvalue weighted by molar-refractivity contribution is 7.13. The molecule has 4 nitrogen and oxygen atoms in total. The van der Waals surface area contributed by atoms with Crippen molar-refractivity contribution in [3.05, 3.63) is 11.1 Å². The smallest absolute Gasteiger partial charge is 0.303 e. The molecule has 1 heterocycles. The van der Waals surface area contributed by atoms with E-state index in [0.29, 0.717) is 12.5 Å². The van der Waals surface area contributed by atoms with Crippen molar-refractivity contribution in [2.45, 2.75) is 38.1 Å². The molecule has 1 aromatic heterocycles. The van der Waals surface area contributed by atoms with Crippen LogP contribution < -0.4 is 5.32 Å². The van der Waals surface area contributed by atoms with Gasteiger partial charge in [-0.25, -0.2) is 4.98 Å². The maximum atomic E-state index is 10.4. The molecule has 1 fully saturated rings. The Morgan fingerprint density at radius 1 is 1.67 bits per heavy atom. The molecule has 82 valence electrons. The number of carboxylic acids is 1. The molecule has 2 N–H and O–H groups in total. The molecule has 1 aliphatic rings. The lowest BCUT2D eigenvalue weighted by Gasteiger charge is -2.25. The largest absolute Gasteiger partial charge is 0.481 e. The maximum Gasteiger partial charge on any atom is 0.303 e. The van der Waals surface area contributed by atoms with Gasteiger partial charge in [-0.2, -0.15) is 0 Å². The van der Waals surface area contributed by atoms with Crippen LogP contribution in [0.2, 0.25) is 0 Å². The van der Waals surface area contributed by atoms with Crippen LogP contribution in [-0.4, -0.2) is 22.1 Å². The minimum Gasteiger partial charge on any atom is -0.481 e. The van der Waals surface area contributed by atoms with Gasteiger partial charge in [0.2, 0.25) is 0 Å². The van der Waals surface area contributed by atoms with Gasteiger partial charge < -0.3 is 10.4 Å². The van der Waals surface area contributed by atoms with Crippen LogP contribution in [0.15, 0.2) is 5.38 Å². The Balaban J connectivity index is 1.83. The number of anilines is 1. The number of aryl methyl sites for hydroxylation is 1. The number of thiazole rings is 1. The molecule has 0 saturated heterocycles. The van der Waals surface area contributed by atoms with Crippen molar-refractivity contribution in [3.8, 4) is 0 Å². The summed E-state index contributed by atoms with van der Waals surface area (Å²) in [4.78, 5) is 14.7. The van der Waals surface area contributed by atoms with Crippen LogP contribution in [-0.2, 0) is 11.2 Å². The fourth-order valence-corrected chi connectivity index (χ4v) is 2.27. The van der Waals surface area contributed by atoms with Gasteiger partial charge in [-0.05, 0) is 19.3 Å². The number of nitrogens with one attached hydrogen (secondary N) is 1. The first-order chi connectivity index (χ1) is 7.24. The van der Waals surface area contributed by atoms with Gasteiger partial charge in [-0.15, -0.1) is 11.3 Å². The summed E-state index contributed by atoms with van der Waals surface area (Å²) in [6, 6.07) is 0.587. The summed E-state index contributed by atoms with van der Waals surface area (Å²) in [5.74, 6) is -0.767. The molecule has 0 bridgehead atoms. The van der Waals surface area contributed by atoms with Crippen LogP contribution >= 0.6 is 11.3 Å². The van der Waals surface area contributed by atoms with Crippen molar-refractivity contribution in [3.63, 3.8) is 0 Å². The highest BCUT2D eigenvalue weighted by Gasteiger charge is 2.18. The predicted octanol–water partition coefficient (Wildman–Crippen LogP) is 2.12. The van der Waals surface area contributed by atoms with Gasteiger partial charge in [0.1, 0.15) is 0 Å². The third kappa shape index (κ3) is 2.92. The Hall–Kier alpha value is -1.10. The minimum absolute atomic E-state index is 0.159. The molecular weight excluding hydrogens is 212 g/mol. The van der Waals surface area contributed by atoms with E-state index in [1.807, 2.05) is 5.38 Å². The second-order valence-corrected chi connectivity index (χ2v) is 4.67. The highest BCUT2D eigenvalue weighted by atomic mass is 32.1. The summed E-state index contributed by atoms with van der Waals surface area (Å²) in [5, 5.41) is 14.7. The van der Waals surface area contributed by atoms with Crippen LogP contribution in [0.3, 0.4) is 0 Å². The molecule has 0 aliphatic heterocycles. The van der Waals surface area contributed by atoms with E-state index in [-0.39, 0.29) is 6.42 Å². The van der Waals surface area contributed by atoms with Crippen LogP contribution in [0, 0.1) is 0 Å². The molecule has 0 unspecified atom stereocenters. The second-order valence-electron chi connectivity index (χ2n) is 3.81. The molecule has 0 radical (unpaired) electrons. The van der Waals surface area contributed by atoms with E-state index < -0.39 is 5.97 Å². The zero-order valence-corrected chi connectivity index (χ0v) is 9.22. The fraction of sp³-hybridized carbons (Fsp3) is 0.600. The third-order valence-electron chi connectivity index (χ3n) is 2.58. The second kappa shape index (κ2) is 4.61. The monoisotopic (exact) mass is 226 g/mol. The zero-order valence-electron chi connectivity index (χ0n) is 8.40. The standard InChI is InChI=1S/C10H14N2O2S/c13-9(14)5-4-8-6-15-10(12-8)11-7-2-1-3-7/h6-7H,1-5H2,(H,11,12)(H,13,14). The Morgan fingerprint density at radius 2 is 2.47 bits per heavy atom. The minimum atomic E-state index is -0.767. The number of aromatic nitrogens is 1. The number of hydrogen-bond donors (Lipinski definition) is 2. The van der Waals surface area contributed by atoms with Gasteiger partial charge in [0, 0.05) is 17.8 Å². The Morgan fingerprint density at radius 3 is 3.07 bits per heavy atom. The summed E-state index contributed by atoms with van der Waals surface area (Å²) in [7, 11) is 0. The lowest BCUT2D eigenvalue weighted by Crippen LogP contribution is -2.26. The normalized spacial score (nSPS) is 16.0. The number of aliphatic carboxylic acids is 1. The SMILES string of the molecule is O=C(O)CCc1csc(NC2CCC2)n1. The van der Waals surface area contributed by atoms with E-state index >= 15 is 0 Å². The van der Waals surface area contributed by atoms with Gasteiger partial charge in [0.15, 0.2) is 5.13 Å². The molecular formula is C10H14N2O2S. The van der Waals surface area contributed by atoms with E-state index in [0.717, 1.165) is 10.8 Å². The van der Waals surface area contributed by atoms with Gasteiger partial charge in [0.25, 0.3) is 0 Å². The molecule has 1 aliphatic carbocycles. The number of nitrogens with zero attached hydrogens (tertiary/aromatic N) is 1. The molecule has 1 saturated carbocycles. The Bertz CT molecular complexity index is 347. The predicted molar refractivity (Wildman–Crippen MR) is 59.3 cm³/mol. The first kappa shape index (κ1) is 10.4. The van der Waals surface area contributed by atoms with Crippen molar-refractivity contribution in [1.29, 1.82) is 0 Å². The van der Waals surface area contributed by atoms with Gasteiger partial charge >= 0.3 is 5.97 Å². The summed E-state index contributed by atoms with van der Waals surface area (Å²) in [6.45, 7) is 0. The van der Waals surface area contributed by atoms with E-state index in [4.69, 9.17) is 5.11 Å². The number of carboxylic acid groups (broad SMARTS) is 1. The first-order valence-electron chi connectivity index (χ1n) is 5.17. The third-order valence-corrected chi connectivity index (χ3v) is 3.40. The number of rotatable bonds is 5. The van der Waals surface area contributed by atoms with Crippen LogP contribution in [0.5, 0.6) is 0 Å². The molecule has 0 amide bonds. The molecule has 0 atom stereocenters. The molecule has 0 aromatic carbocycles. The van der Waals surface area contributed by atoms with Crippen molar-refractivity contribution in [2.75, 3.05) is 5.32 Å². The van der Waals surface area contributed by atoms with Crippen molar-refractivity contribution < 1.29 is 9.90 Å². The van der Waals surface area contributed by atoms with Crippen LogP contribution in [0.4, 0.5) is 5.13 Å². The van der Waals surface area contributed by atoms with Crippen molar-refractivity contribution in [1.82, 2.24) is 4.98 Å². The lowest BCUT2D eigenvalue weighted by molar-refractivity contribution is -0.136. The van der Waals surface area contributed by atoms with Crippen LogP contribution in [0.1, 0.15) is 31.4 Å². The van der Waals surface area contributed by atoms with E-state index in [1.165, 1.54) is 19.3 Å². The molecule has 0 spiro atoms. The van der Waals surface area contributed by atoms with Gasteiger partial charge in [-0.1, -0.05) is 0 Å². The van der Waals surface area contributed by atoms with E-state index in [9.17, 15) is 4.79 Å². The number of hydrogen-bond acceptors (Lipinski definition) is 4. The van der Waals surface area contributed by atoms with E-state index in [1.54, 1.807) is 11.3 Å². The summed E-state index contributed by atoms with van der Waals surface area (Å²) in [5.41, 5.74) is 0.879. The average molecular weight is 226 g/mol.